The Balaban J connectivity index is 2.10. The summed E-state index contributed by atoms with van der Waals surface area (Å²) in [7, 11) is 0. The summed E-state index contributed by atoms with van der Waals surface area (Å²) in [5.74, 6) is 0.280. The average molecular weight is 298 g/mol. The van der Waals surface area contributed by atoms with Gasteiger partial charge in [0.2, 0.25) is 5.95 Å². The van der Waals surface area contributed by atoms with Crippen molar-refractivity contribution in [1.29, 1.82) is 0 Å². The number of nitrogens with one attached hydrogen (secondary N) is 1. The molecule has 0 bridgehead atoms. The average Bonchev–Trinajstić information content (AvgIpc) is 2.93. The van der Waals surface area contributed by atoms with Crippen LogP contribution in [0.1, 0.15) is 32.4 Å². The number of hydrogen-bond donors (Lipinski definition) is 1. The lowest BCUT2D eigenvalue weighted by Crippen LogP contribution is -2.30. The molecule has 0 unspecified atom stereocenters. The zero-order valence-corrected chi connectivity index (χ0v) is 12.8. The third-order valence-corrected chi connectivity index (χ3v) is 3.47. The molecule has 22 heavy (non-hydrogen) atoms. The van der Waals surface area contributed by atoms with Crippen molar-refractivity contribution in [3.05, 3.63) is 53.5 Å². The molecule has 0 saturated carbocycles. The lowest BCUT2D eigenvalue weighted by atomic mass is 9.96. The zero-order valence-electron chi connectivity index (χ0n) is 12.8. The van der Waals surface area contributed by atoms with Crippen LogP contribution in [0.5, 0.6) is 0 Å². The van der Waals surface area contributed by atoms with E-state index < -0.39 is 0 Å². The summed E-state index contributed by atoms with van der Waals surface area (Å²) in [5.41, 5.74) is 2.25. The van der Waals surface area contributed by atoms with E-state index in [9.17, 15) is 4.79 Å². The molecule has 6 heteroatoms. The summed E-state index contributed by atoms with van der Waals surface area (Å²) in [6.45, 7) is 5.52. The van der Waals surface area contributed by atoms with Crippen molar-refractivity contribution in [2.75, 3.05) is 5.32 Å². The van der Waals surface area contributed by atoms with Gasteiger partial charge in [0, 0.05) is 5.70 Å². The fraction of sp³-hybridized carbons (Fsp3) is 0.312. The largest absolute Gasteiger partial charge is 0.459 e. The third kappa shape index (κ3) is 2.47. The van der Waals surface area contributed by atoms with Gasteiger partial charge in [0.15, 0.2) is 0 Å². The highest BCUT2D eigenvalue weighted by molar-refractivity contribution is 5.92. The first-order valence-electron chi connectivity index (χ1n) is 7.21. The summed E-state index contributed by atoms with van der Waals surface area (Å²) < 4.78 is 7.11. The van der Waals surface area contributed by atoms with E-state index in [4.69, 9.17) is 4.74 Å². The first-order valence-corrected chi connectivity index (χ1v) is 7.21. The Morgan fingerprint density at radius 2 is 2.05 bits per heavy atom. The van der Waals surface area contributed by atoms with Crippen molar-refractivity contribution >= 4 is 11.9 Å². The number of rotatable bonds is 3. The van der Waals surface area contributed by atoms with Gasteiger partial charge < -0.3 is 10.1 Å². The van der Waals surface area contributed by atoms with Gasteiger partial charge in [-0.3, -0.25) is 0 Å². The third-order valence-electron chi connectivity index (χ3n) is 3.47. The van der Waals surface area contributed by atoms with Crippen LogP contribution in [-0.4, -0.2) is 26.8 Å². The van der Waals surface area contributed by atoms with Gasteiger partial charge in [-0.25, -0.2) is 9.48 Å². The lowest BCUT2D eigenvalue weighted by molar-refractivity contribution is -0.143. The van der Waals surface area contributed by atoms with Crippen LogP contribution in [0.15, 0.2) is 47.9 Å². The second-order valence-electron chi connectivity index (χ2n) is 5.46. The fourth-order valence-corrected chi connectivity index (χ4v) is 2.58. The van der Waals surface area contributed by atoms with Crippen LogP contribution in [0.2, 0.25) is 0 Å². The Bertz CT molecular complexity index is 719. The maximum Gasteiger partial charge on any atom is 0.338 e. The SMILES string of the molecule is CC1=C(C(=O)OC(C)C)[C@H](c2ccccc2)n2ncnc2N1. The lowest BCUT2D eigenvalue weighted by Gasteiger charge is -2.28. The number of hydrogen-bond acceptors (Lipinski definition) is 5. The van der Waals surface area contributed by atoms with Gasteiger partial charge in [0.1, 0.15) is 12.4 Å². The van der Waals surface area contributed by atoms with Crippen molar-refractivity contribution < 1.29 is 9.53 Å². The van der Waals surface area contributed by atoms with E-state index in [1.54, 1.807) is 4.68 Å². The van der Waals surface area contributed by atoms with E-state index in [1.807, 2.05) is 51.1 Å². The molecule has 1 N–H and O–H groups in total. The van der Waals surface area contributed by atoms with E-state index in [0.717, 1.165) is 11.3 Å². The predicted molar refractivity (Wildman–Crippen MR) is 82.2 cm³/mol. The maximum absolute atomic E-state index is 12.6. The summed E-state index contributed by atoms with van der Waals surface area (Å²) in [6.07, 6.45) is 1.30. The van der Waals surface area contributed by atoms with E-state index >= 15 is 0 Å². The summed E-state index contributed by atoms with van der Waals surface area (Å²) in [4.78, 5) is 16.7. The molecule has 3 rings (SSSR count). The van der Waals surface area contributed by atoms with Gasteiger partial charge in [0.05, 0.1) is 11.7 Å². The van der Waals surface area contributed by atoms with E-state index in [2.05, 4.69) is 15.4 Å². The number of carbonyl (C=O) groups excluding carboxylic acids is 1. The van der Waals surface area contributed by atoms with Crippen molar-refractivity contribution in [2.24, 2.45) is 0 Å². The summed E-state index contributed by atoms with van der Waals surface area (Å²) in [5, 5.41) is 7.37. The fourth-order valence-electron chi connectivity index (χ4n) is 2.58. The van der Waals surface area contributed by atoms with E-state index in [0.29, 0.717) is 11.5 Å². The summed E-state index contributed by atoms with van der Waals surface area (Å²) in [6, 6.07) is 9.42. The Kier molecular flexibility index (Phi) is 3.66. The van der Waals surface area contributed by atoms with Crippen molar-refractivity contribution in [3.63, 3.8) is 0 Å². The molecule has 1 aromatic heterocycles. The van der Waals surface area contributed by atoms with Crippen LogP contribution >= 0.6 is 0 Å². The number of allylic oxidation sites excluding steroid dienone is 1. The highest BCUT2D eigenvalue weighted by Gasteiger charge is 2.34. The molecule has 0 saturated heterocycles. The number of carbonyl (C=O) groups is 1. The standard InChI is InChI=1S/C16H18N4O2/c1-10(2)22-15(21)13-11(3)19-16-17-9-18-20(16)14(13)12-7-5-4-6-8-12/h4-10,14H,1-3H3,(H,17,18,19)/t14-/m0/s1. The molecule has 0 amide bonds. The van der Waals surface area contributed by atoms with Gasteiger partial charge in [-0.05, 0) is 26.3 Å². The molecular weight excluding hydrogens is 280 g/mol. The topological polar surface area (TPSA) is 69.0 Å². The number of nitrogens with zero attached hydrogens (tertiary/aromatic N) is 3. The van der Waals surface area contributed by atoms with Crippen molar-refractivity contribution in [1.82, 2.24) is 14.8 Å². The smallest absolute Gasteiger partial charge is 0.338 e. The van der Waals surface area contributed by atoms with Crippen LogP contribution in [0.3, 0.4) is 0 Å². The molecule has 2 heterocycles. The Hall–Kier alpha value is -2.63. The minimum absolute atomic E-state index is 0.179. The molecular formula is C16H18N4O2. The summed E-state index contributed by atoms with van der Waals surface area (Å²) >= 11 is 0. The number of ether oxygens (including phenoxy) is 1. The molecule has 0 aliphatic carbocycles. The van der Waals surface area contributed by atoms with Crippen LogP contribution < -0.4 is 5.32 Å². The Morgan fingerprint density at radius 3 is 2.73 bits per heavy atom. The molecule has 2 aromatic rings. The highest BCUT2D eigenvalue weighted by atomic mass is 16.5. The maximum atomic E-state index is 12.6. The van der Waals surface area contributed by atoms with Crippen LogP contribution in [-0.2, 0) is 9.53 Å². The number of aromatic nitrogens is 3. The quantitative estimate of drug-likeness (QED) is 0.882. The monoisotopic (exact) mass is 298 g/mol. The number of fused-ring (bicyclic) bond motifs is 1. The highest BCUT2D eigenvalue weighted by Crippen LogP contribution is 2.35. The van der Waals surface area contributed by atoms with Gasteiger partial charge in [-0.1, -0.05) is 30.3 Å². The van der Waals surface area contributed by atoms with Gasteiger partial charge in [-0.15, -0.1) is 0 Å². The number of anilines is 1. The normalized spacial score (nSPS) is 17.2. The molecule has 114 valence electrons. The molecule has 0 spiro atoms. The van der Waals surface area contributed by atoms with Crippen LogP contribution in [0, 0.1) is 0 Å². The van der Waals surface area contributed by atoms with E-state index in [-0.39, 0.29) is 18.1 Å². The van der Waals surface area contributed by atoms with Crippen LogP contribution in [0.25, 0.3) is 0 Å². The molecule has 1 aliphatic rings. The Morgan fingerprint density at radius 1 is 1.32 bits per heavy atom. The van der Waals surface area contributed by atoms with Crippen molar-refractivity contribution in [3.8, 4) is 0 Å². The van der Waals surface area contributed by atoms with E-state index in [1.165, 1.54) is 6.33 Å². The molecule has 1 aromatic carbocycles. The molecule has 0 fully saturated rings. The molecule has 6 nitrogen and oxygen atoms in total. The second-order valence-corrected chi connectivity index (χ2v) is 5.46. The second kappa shape index (κ2) is 5.63. The first-order chi connectivity index (χ1) is 10.6. The van der Waals surface area contributed by atoms with Crippen LogP contribution in [0.4, 0.5) is 5.95 Å². The molecule has 0 radical (unpaired) electrons. The number of esters is 1. The predicted octanol–water partition coefficient (Wildman–Crippen LogP) is 2.52. The Labute approximate surface area is 128 Å². The minimum atomic E-state index is -0.341. The zero-order chi connectivity index (χ0) is 15.7. The van der Waals surface area contributed by atoms with Crippen molar-refractivity contribution in [2.45, 2.75) is 32.9 Å². The van der Waals surface area contributed by atoms with Gasteiger partial charge >= 0.3 is 5.97 Å². The molecule has 1 atom stereocenters. The van der Waals surface area contributed by atoms with Gasteiger partial charge in [0.25, 0.3) is 0 Å². The van der Waals surface area contributed by atoms with Gasteiger partial charge in [-0.2, -0.15) is 10.1 Å². The first kappa shape index (κ1) is 14.3. The molecule has 1 aliphatic heterocycles. The minimum Gasteiger partial charge on any atom is -0.459 e. The number of benzene rings is 1.